The van der Waals surface area contributed by atoms with Crippen LogP contribution in [0.2, 0.25) is 0 Å². The lowest BCUT2D eigenvalue weighted by Crippen LogP contribution is -2.45. The third-order valence-electron chi connectivity index (χ3n) is 5.06. The molecule has 0 aliphatic carbocycles. The zero-order chi connectivity index (χ0) is 19.6. The minimum Gasteiger partial charge on any atom is -0.341 e. The molecule has 3 rings (SSSR count). The quantitative estimate of drug-likeness (QED) is 0.731. The lowest BCUT2D eigenvalue weighted by atomic mass is 9.92. The Morgan fingerprint density at radius 2 is 1.74 bits per heavy atom. The van der Waals surface area contributed by atoms with Crippen LogP contribution in [-0.2, 0) is 4.79 Å². The van der Waals surface area contributed by atoms with Gasteiger partial charge in [-0.3, -0.25) is 4.79 Å². The number of hydrogen-bond acceptors (Lipinski definition) is 5. The van der Waals surface area contributed by atoms with Crippen molar-refractivity contribution in [1.82, 2.24) is 25.1 Å². The van der Waals surface area contributed by atoms with Crippen LogP contribution in [0.3, 0.4) is 0 Å². The predicted octanol–water partition coefficient (Wildman–Crippen LogP) is 3.77. The normalized spacial score (nSPS) is 21.5. The molecule has 1 aromatic carbocycles. The maximum absolute atomic E-state index is 12.9. The molecule has 0 unspecified atom stereocenters. The number of carbonyl (C=O) groups is 1. The van der Waals surface area contributed by atoms with Gasteiger partial charge in [-0.2, -0.15) is 4.68 Å². The number of likely N-dealkylation sites (tertiary alicyclic amines) is 1. The van der Waals surface area contributed by atoms with E-state index in [2.05, 4.69) is 55.4 Å². The summed E-state index contributed by atoms with van der Waals surface area (Å²) >= 11 is 1.42. The summed E-state index contributed by atoms with van der Waals surface area (Å²) in [5.74, 6) is 1.76. The Morgan fingerprint density at radius 1 is 1.11 bits per heavy atom. The second-order valence-corrected chi connectivity index (χ2v) is 9.38. The smallest absolute Gasteiger partial charge is 0.235 e. The van der Waals surface area contributed by atoms with Crippen molar-refractivity contribution in [2.24, 2.45) is 11.8 Å². The Hall–Kier alpha value is -1.89. The number of rotatable bonds is 5. The summed E-state index contributed by atoms with van der Waals surface area (Å²) in [5, 5.41) is 12.5. The Labute approximate surface area is 165 Å². The van der Waals surface area contributed by atoms with E-state index in [-0.39, 0.29) is 11.2 Å². The minimum absolute atomic E-state index is 0.170. The SMILES string of the molecule is CC(C)c1ccc(-n2nnnc2S[C@H](C)C(=O)N2C[C@H](C)C[C@H](C)C2)cc1. The van der Waals surface area contributed by atoms with Crippen molar-refractivity contribution in [3.05, 3.63) is 29.8 Å². The van der Waals surface area contributed by atoms with Crippen LogP contribution in [0.15, 0.2) is 29.4 Å². The molecule has 3 atom stereocenters. The van der Waals surface area contributed by atoms with Gasteiger partial charge in [-0.25, -0.2) is 0 Å². The Bertz CT molecular complexity index is 763. The van der Waals surface area contributed by atoms with E-state index in [0.717, 1.165) is 18.8 Å². The van der Waals surface area contributed by atoms with Gasteiger partial charge in [0.15, 0.2) is 0 Å². The summed E-state index contributed by atoms with van der Waals surface area (Å²) in [6.45, 7) is 12.4. The number of aromatic nitrogens is 4. The monoisotopic (exact) mass is 387 g/mol. The third kappa shape index (κ3) is 4.69. The highest BCUT2D eigenvalue weighted by Gasteiger charge is 2.29. The average Bonchev–Trinajstić information content (AvgIpc) is 3.08. The molecule has 146 valence electrons. The van der Waals surface area contributed by atoms with E-state index in [9.17, 15) is 4.79 Å². The molecule has 0 saturated carbocycles. The van der Waals surface area contributed by atoms with Crippen molar-refractivity contribution in [3.63, 3.8) is 0 Å². The third-order valence-corrected chi connectivity index (χ3v) is 6.08. The molecule has 6 nitrogen and oxygen atoms in total. The van der Waals surface area contributed by atoms with Crippen LogP contribution in [0.4, 0.5) is 0 Å². The van der Waals surface area contributed by atoms with E-state index in [0.29, 0.717) is 22.9 Å². The van der Waals surface area contributed by atoms with Crippen molar-refractivity contribution in [3.8, 4) is 5.69 Å². The van der Waals surface area contributed by atoms with Gasteiger partial charge in [-0.05, 0) is 59.2 Å². The first-order chi connectivity index (χ1) is 12.8. The number of thioether (sulfide) groups is 1. The minimum atomic E-state index is -0.220. The van der Waals surface area contributed by atoms with E-state index in [1.54, 1.807) is 4.68 Å². The van der Waals surface area contributed by atoms with E-state index >= 15 is 0 Å². The molecule has 0 N–H and O–H groups in total. The zero-order valence-corrected chi connectivity index (χ0v) is 17.6. The lowest BCUT2D eigenvalue weighted by Gasteiger charge is -2.36. The molecule has 1 aromatic heterocycles. The summed E-state index contributed by atoms with van der Waals surface area (Å²) < 4.78 is 1.71. The highest BCUT2D eigenvalue weighted by Crippen LogP contribution is 2.27. The van der Waals surface area contributed by atoms with E-state index in [4.69, 9.17) is 0 Å². The number of tetrazole rings is 1. The molecule has 27 heavy (non-hydrogen) atoms. The molecule has 2 heterocycles. The average molecular weight is 388 g/mol. The highest BCUT2D eigenvalue weighted by atomic mass is 32.2. The molecule has 1 amide bonds. The van der Waals surface area contributed by atoms with E-state index in [1.165, 1.54) is 23.7 Å². The van der Waals surface area contributed by atoms with Crippen molar-refractivity contribution in [2.45, 2.75) is 57.4 Å². The highest BCUT2D eigenvalue weighted by molar-refractivity contribution is 8.00. The van der Waals surface area contributed by atoms with Crippen molar-refractivity contribution in [2.75, 3.05) is 13.1 Å². The summed E-state index contributed by atoms with van der Waals surface area (Å²) in [7, 11) is 0. The second kappa shape index (κ2) is 8.42. The molecule has 1 fully saturated rings. The van der Waals surface area contributed by atoms with Gasteiger partial charge >= 0.3 is 0 Å². The van der Waals surface area contributed by atoms with E-state index in [1.807, 2.05) is 24.0 Å². The van der Waals surface area contributed by atoms with Gasteiger partial charge in [0.25, 0.3) is 0 Å². The Kier molecular flexibility index (Phi) is 6.19. The van der Waals surface area contributed by atoms with Crippen LogP contribution in [0.25, 0.3) is 5.69 Å². The standard InChI is InChI=1S/C20H29N5OS/c1-13(2)17-6-8-18(9-7-17)25-20(21-22-23-25)27-16(5)19(26)24-11-14(3)10-15(4)12-24/h6-9,13-16H,10-12H2,1-5H3/t14-,15+,16-/m1/s1. The van der Waals surface area contributed by atoms with Gasteiger partial charge in [0.1, 0.15) is 0 Å². The molecule has 2 aromatic rings. The van der Waals surface area contributed by atoms with E-state index < -0.39 is 0 Å². The first-order valence-corrected chi connectivity index (χ1v) is 10.6. The lowest BCUT2D eigenvalue weighted by molar-refractivity contribution is -0.132. The molecule has 1 aliphatic rings. The fraction of sp³-hybridized carbons (Fsp3) is 0.600. The number of piperidine rings is 1. The van der Waals surface area contributed by atoms with Crippen LogP contribution >= 0.6 is 11.8 Å². The summed E-state index contributed by atoms with van der Waals surface area (Å²) in [6.07, 6.45) is 1.19. The van der Waals surface area contributed by atoms with Gasteiger partial charge in [-0.1, -0.05) is 51.6 Å². The Balaban J connectivity index is 1.71. The van der Waals surface area contributed by atoms with Gasteiger partial charge in [0, 0.05) is 13.1 Å². The number of benzene rings is 1. The van der Waals surface area contributed by atoms with Crippen LogP contribution < -0.4 is 0 Å². The predicted molar refractivity (Wildman–Crippen MR) is 108 cm³/mol. The van der Waals surface area contributed by atoms with Gasteiger partial charge in [0.05, 0.1) is 10.9 Å². The first-order valence-electron chi connectivity index (χ1n) is 9.69. The first kappa shape index (κ1) is 19.9. The zero-order valence-electron chi connectivity index (χ0n) is 16.8. The van der Waals surface area contributed by atoms with Gasteiger partial charge in [0.2, 0.25) is 11.1 Å². The summed E-state index contributed by atoms with van der Waals surface area (Å²) in [5.41, 5.74) is 2.18. The Morgan fingerprint density at radius 3 is 2.33 bits per heavy atom. The number of carbonyl (C=O) groups excluding carboxylic acids is 1. The van der Waals surface area contributed by atoms with Crippen molar-refractivity contribution < 1.29 is 4.79 Å². The maximum atomic E-state index is 12.9. The molecule has 0 radical (unpaired) electrons. The van der Waals surface area contributed by atoms with Gasteiger partial charge < -0.3 is 4.90 Å². The number of nitrogens with zero attached hydrogens (tertiary/aromatic N) is 5. The molecule has 0 bridgehead atoms. The fourth-order valence-electron chi connectivity index (χ4n) is 3.72. The molecule has 7 heteroatoms. The second-order valence-electron chi connectivity index (χ2n) is 8.07. The molecule has 1 aliphatic heterocycles. The number of hydrogen-bond donors (Lipinski definition) is 0. The van der Waals surface area contributed by atoms with Gasteiger partial charge in [-0.15, -0.1) is 5.10 Å². The topological polar surface area (TPSA) is 63.9 Å². The molecular formula is C20H29N5OS. The molecule has 0 spiro atoms. The van der Waals surface area contributed by atoms with Crippen LogP contribution in [0.1, 0.15) is 52.5 Å². The van der Waals surface area contributed by atoms with Crippen LogP contribution in [0, 0.1) is 11.8 Å². The van der Waals surface area contributed by atoms with Crippen molar-refractivity contribution in [1.29, 1.82) is 0 Å². The molecular weight excluding hydrogens is 358 g/mol. The summed E-state index contributed by atoms with van der Waals surface area (Å²) in [4.78, 5) is 14.9. The summed E-state index contributed by atoms with van der Waals surface area (Å²) in [6, 6.07) is 8.24. The van der Waals surface area contributed by atoms with Crippen LogP contribution in [-0.4, -0.2) is 49.4 Å². The fourth-order valence-corrected chi connectivity index (χ4v) is 4.61. The van der Waals surface area contributed by atoms with Crippen LogP contribution in [0.5, 0.6) is 0 Å². The molecule has 1 saturated heterocycles. The van der Waals surface area contributed by atoms with Crippen molar-refractivity contribution >= 4 is 17.7 Å². The largest absolute Gasteiger partial charge is 0.341 e. The maximum Gasteiger partial charge on any atom is 0.235 e. The number of amides is 1.